The van der Waals surface area contributed by atoms with Gasteiger partial charge >= 0.3 is 0 Å². The van der Waals surface area contributed by atoms with Crippen LogP contribution in [0.3, 0.4) is 0 Å². The quantitative estimate of drug-likeness (QED) is 0.572. The van der Waals surface area contributed by atoms with Crippen LogP contribution in [0, 0.1) is 12.1 Å². The maximum Gasteiger partial charge on any atom is 0.284 e. The van der Waals surface area contributed by atoms with Gasteiger partial charge in [0, 0.05) is 12.1 Å². The van der Waals surface area contributed by atoms with Crippen molar-refractivity contribution >= 4 is 49.2 Å². The summed E-state index contributed by atoms with van der Waals surface area (Å²) in [6.07, 6.45) is 0. The van der Waals surface area contributed by atoms with Crippen LogP contribution in [0.2, 0.25) is 0 Å². The molecule has 0 radical (unpaired) electrons. The van der Waals surface area contributed by atoms with Gasteiger partial charge in [-0.2, -0.15) is 13.6 Å². The number of aliphatic imine (C=N–C) groups is 1. The summed E-state index contributed by atoms with van der Waals surface area (Å²) in [5.41, 5.74) is 2.39. The van der Waals surface area contributed by atoms with Crippen LogP contribution >= 0.6 is 11.8 Å². The molecule has 158 valence electrons. The van der Waals surface area contributed by atoms with Gasteiger partial charge in [-0.15, -0.1) is 4.40 Å². The summed E-state index contributed by atoms with van der Waals surface area (Å²) in [6, 6.07) is 21.8. The van der Waals surface area contributed by atoms with Crippen molar-refractivity contribution < 1.29 is 18.9 Å². The lowest BCUT2D eigenvalue weighted by molar-refractivity contribution is -0.991. The Morgan fingerprint density at radius 3 is 2.19 bits per heavy atom. The molecule has 0 aliphatic carbocycles. The Morgan fingerprint density at radius 1 is 0.935 bits per heavy atom. The highest BCUT2D eigenvalue weighted by molar-refractivity contribution is 8.30. The van der Waals surface area contributed by atoms with Crippen LogP contribution in [-0.4, -0.2) is 24.0 Å². The van der Waals surface area contributed by atoms with Gasteiger partial charge in [-0.25, -0.2) is 10.2 Å². The number of para-hydroxylation sites is 1. The van der Waals surface area contributed by atoms with Gasteiger partial charge in [-0.1, -0.05) is 35.9 Å². The van der Waals surface area contributed by atoms with E-state index in [1.165, 1.54) is 24.3 Å². The van der Waals surface area contributed by atoms with Gasteiger partial charge in [-0.3, -0.25) is 4.90 Å². The third-order valence-corrected chi connectivity index (χ3v) is 6.75. The third kappa shape index (κ3) is 4.68. The average molecular weight is 455 g/mol. The van der Waals surface area contributed by atoms with E-state index in [4.69, 9.17) is 5.21 Å². The van der Waals surface area contributed by atoms with E-state index in [9.17, 15) is 13.6 Å². The fourth-order valence-electron chi connectivity index (χ4n) is 2.80. The van der Waals surface area contributed by atoms with Crippen molar-refractivity contribution in [3.63, 3.8) is 0 Å². The summed E-state index contributed by atoms with van der Waals surface area (Å²) in [4.78, 5) is 6.30. The molecule has 0 bridgehead atoms. The van der Waals surface area contributed by atoms with Gasteiger partial charge in [0.05, 0.1) is 16.3 Å². The minimum Gasteiger partial charge on any atom is -0.595 e. The first-order valence-electron chi connectivity index (χ1n) is 9.20. The molecule has 1 heterocycles. The van der Waals surface area contributed by atoms with Crippen LogP contribution in [0.1, 0.15) is 5.56 Å². The average Bonchev–Trinajstić information content (AvgIpc) is 2.74. The monoisotopic (exact) mass is 454 g/mol. The summed E-state index contributed by atoms with van der Waals surface area (Å²) < 4.78 is 29.6. The molecule has 1 fully saturated rings. The Morgan fingerprint density at radius 2 is 1.58 bits per heavy atom. The molecule has 3 aromatic rings. The Kier molecular flexibility index (Phi) is 5.90. The second-order valence-electron chi connectivity index (χ2n) is 6.68. The Balaban J connectivity index is 1.68. The van der Waals surface area contributed by atoms with E-state index < -0.39 is 15.2 Å². The number of amidine groups is 2. The predicted octanol–water partition coefficient (Wildman–Crippen LogP) is 3.38. The molecule has 0 spiro atoms. The van der Waals surface area contributed by atoms with Gasteiger partial charge in [0.2, 0.25) is 0 Å². The smallest absolute Gasteiger partial charge is 0.284 e. The molecule has 1 atom stereocenters. The minimum atomic E-state index is -3.88. The van der Waals surface area contributed by atoms with Crippen molar-refractivity contribution in [2.45, 2.75) is 11.8 Å². The topological polar surface area (TPSA) is 110 Å². The molecule has 0 aromatic heterocycles. The van der Waals surface area contributed by atoms with E-state index in [1.54, 1.807) is 29.2 Å². The maximum absolute atomic E-state index is 12.8. The summed E-state index contributed by atoms with van der Waals surface area (Å²) in [5.74, 6) is 0. The lowest BCUT2D eigenvalue weighted by Gasteiger charge is -2.34. The van der Waals surface area contributed by atoms with E-state index in [2.05, 4.69) is 9.39 Å². The molecule has 0 amide bonds. The van der Waals surface area contributed by atoms with Gasteiger partial charge in [0.25, 0.3) is 10.0 Å². The number of nitrogens with one attached hydrogen (secondary N) is 1. The van der Waals surface area contributed by atoms with E-state index in [1.807, 2.05) is 37.3 Å². The number of anilines is 1. The number of hydrogen-bond donors (Lipinski definition) is 2. The first kappa shape index (κ1) is 21.2. The van der Waals surface area contributed by atoms with E-state index in [0.29, 0.717) is 10.9 Å². The van der Waals surface area contributed by atoms with E-state index >= 15 is 0 Å². The lowest BCUT2D eigenvalue weighted by atomic mass is 10.2. The van der Waals surface area contributed by atoms with Crippen LogP contribution < -0.4 is 10.1 Å². The van der Waals surface area contributed by atoms with Crippen LogP contribution in [0.5, 0.6) is 0 Å². The normalized spacial score (nSPS) is 17.6. The van der Waals surface area contributed by atoms with Crippen molar-refractivity contribution in [2.75, 3.05) is 4.90 Å². The van der Waals surface area contributed by atoms with Gasteiger partial charge < -0.3 is 5.21 Å². The summed E-state index contributed by atoms with van der Waals surface area (Å²) in [6.45, 7) is 1.88. The van der Waals surface area contributed by atoms with Crippen molar-refractivity contribution in [2.24, 2.45) is 9.39 Å². The second-order valence-corrected chi connectivity index (χ2v) is 9.22. The first-order valence-corrected chi connectivity index (χ1v) is 11.5. The maximum atomic E-state index is 12.8. The molecule has 4 rings (SSSR count). The van der Waals surface area contributed by atoms with E-state index in [-0.39, 0.29) is 15.8 Å². The Labute approximate surface area is 183 Å². The predicted molar refractivity (Wildman–Crippen MR) is 122 cm³/mol. The largest absolute Gasteiger partial charge is 0.595 e. The number of hydrogen-bond acceptors (Lipinski definition) is 6. The van der Waals surface area contributed by atoms with Crippen molar-refractivity contribution in [1.29, 1.82) is 0 Å². The lowest BCUT2D eigenvalue weighted by Crippen LogP contribution is -2.99. The molecule has 1 aliphatic rings. The highest BCUT2D eigenvalue weighted by Crippen LogP contribution is 2.36. The van der Waals surface area contributed by atoms with Crippen molar-refractivity contribution in [3.05, 3.63) is 89.6 Å². The Bertz CT molecular complexity index is 1240. The molecular weight excluding hydrogens is 436 g/mol. The standard InChI is InChI=1S/C21H18N4O4S2/c1-15-7-13-19(14-8-15)31(28,29)23-21-24(17-5-3-2-4-6-17)20(30-21)22-16-9-11-18(12-10-16)25(26)27/h2-14,25-26H,1H3. The fraction of sp³-hybridized carbons (Fsp3) is 0.0476. The number of thioether (sulfide) groups is 1. The second kappa shape index (κ2) is 8.61. The highest BCUT2D eigenvalue weighted by Gasteiger charge is 2.35. The zero-order valence-electron chi connectivity index (χ0n) is 16.3. The van der Waals surface area contributed by atoms with Gasteiger partial charge in [-0.05, 0) is 55.1 Å². The van der Waals surface area contributed by atoms with Crippen LogP contribution in [-0.2, 0) is 10.0 Å². The third-order valence-electron chi connectivity index (χ3n) is 4.44. The summed E-state index contributed by atoms with van der Waals surface area (Å²) in [7, 11) is -3.88. The molecule has 1 aliphatic heterocycles. The van der Waals surface area contributed by atoms with Gasteiger partial charge in [0.15, 0.2) is 16.0 Å². The number of benzene rings is 3. The summed E-state index contributed by atoms with van der Waals surface area (Å²) >= 11 is 1.14. The zero-order valence-corrected chi connectivity index (χ0v) is 18.0. The van der Waals surface area contributed by atoms with Crippen molar-refractivity contribution in [3.8, 4) is 0 Å². The summed E-state index contributed by atoms with van der Waals surface area (Å²) in [5, 5.41) is 19.9. The molecule has 8 nitrogen and oxygen atoms in total. The molecular formula is C21H18N4O4S2. The number of sulfonamides is 1. The number of nitrogens with zero attached hydrogens (tertiary/aromatic N) is 3. The molecule has 0 saturated carbocycles. The van der Waals surface area contributed by atoms with Crippen molar-refractivity contribution in [1.82, 2.24) is 0 Å². The fourth-order valence-corrected chi connectivity index (χ4v) is 4.87. The minimum absolute atomic E-state index is 0.119. The molecule has 1 unspecified atom stereocenters. The van der Waals surface area contributed by atoms with Crippen LogP contribution in [0.15, 0.2) is 93.1 Å². The zero-order chi connectivity index (χ0) is 22.0. The van der Waals surface area contributed by atoms with Crippen LogP contribution in [0.25, 0.3) is 0 Å². The molecule has 31 heavy (non-hydrogen) atoms. The molecule has 1 saturated heterocycles. The first-order chi connectivity index (χ1) is 14.8. The number of rotatable bonds is 5. The highest BCUT2D eigenvalue weighted by atomic mass is 32.2. The number of aryl methyl sites for hydroxylation is 1. The number of quaternary nitrogens is 1. The SMILES string of the molecule is Cc1ccc(S(=O)(=O)N=C2SC(=Nc3ccc([NH+]([O-])O)cc3)N2c2ccccc2)cc1. The van der Waals surface area contributed by atoms with E-state index in [0.717, 1.165) is 23.0 Å². The molecule has 3 aromatic carbocycles. The molecule has 10 heteroatoms. The Hall–Kier alpha value is -3.02. The van der Waals surface area contributed by atoms with Gasteiger partial charge in [0.1, 0.15) is 0 Å². The van der Waals surface area contributed by atoms with Crippen LogP contribution in [0.4, 0.5) is 17.1 Å². The molecule has 2 N–H and O–H groups in total.